The van der Waals surface area contributed by atoms with E-state index in [1.54, 1.807) is 20.2 Å². The van der Waals surface area contributed by atoms with Gasteiger partial charge in [-0.15, -0.1) is 0 Å². The number of hydrogen-bond acceptors (Lipinski definition) is 3. The van der Waals surface area contributed by atoms with Gasteiger partial charge < -0.3 is 20.3 Å². The molecule has 0 heterocycles. The first kappa shape index (κ1) is 16.0. The summed E-state index contributed by atoms with van der Waals surface area (Å²) in [6.07, 6.45) is 1.72. The molecule has 0 aliphatic heterocycles. The molecule has 1 aromatic rings. The summed E-state index contributed by atoms with van der Waals surface area (Å²) in [4.78, 5) is 12.8. The van der Waals surface area contributed by atoms with E-state index in [2.05, 4.69) is 17.2 Å². The van der Waals surface area contributed by atoms with Crippen LogP contribution in [0.2, 0.25) is 0 Å². The van der Waals surface area contributed by atoms with Gasteiger partial charge in [0.1, 0.15) is 12.4 Å². The second-order valence-electron chi connectivity index (χ2n) is 4.55. The van der Waals surface area contributed by atoms with Crippen LogP contribution < -0.4 is 15.4 Å². The Balaban J connectivity index is 2.18. The highest BCUT2D eigenvalue weighted by Crippen LogP contribution is 2.11. The van der Waals surface area contributed by atoms with Crippen molar-refractivity contribution in [1.82, 2.24) is 15.5 Å². The molecule has 0 bridgehead atoms. The number of hydrogen-bond donors (Lipinski definition) is 2. The molecule has 0 fully saturated rings. The molecular weight excluding hydrogens is 254 g/mol. The lowest BCUT2D eigenvalue weighted by Crippen LogP contribution is -2.38. The smallest absolute Gasteiger partial charge is 0.316 e. The van der Waals surface area contributed by atoms with Crippen LogP contribution in [0.25, 0.3) is 0 Å². The third kappa shape index (κ3) is 6.24. The molecule has 5 heteroatoms. The molecule has 0 aromatic heterocycles. The molecule has 0 saturated carbocycles. The van der Waals surface area contributed by atoms with Crippen LogP contribution in [-0.2, 0) is 6.54 Å². The van der Waals surface area contributed by atoms with Crippen molar-refractivity contribution >= 4 is 6.03 Å². The fourth-order valence-corrected chi connectivity index (χ4v) is 1.51. The lowest BCUT2D eigenvalue weighted by atomic mass is 10.2. The molecule has 110 valence electrons. The third-order valence-electron chi connectivity index (χ3n) is 2.60. The first-order valence-electron chi connectivity index (χ1n) is 6.62. The first-order chi connectivity index (χ1) is 9.63. The predicted molar refractivity (Wildman–Crippen MR) is 80.9 cm³/mol. The van der Waals surface area contributed by atoms with Gasteiger partial charge in [-0.25, -0.2) is 4.79 Å². The van der Waals surface area contributed by atoms with E-state index in [1.807, 2.05) is 24.3 Å². The molecule has 1 aromatic carbocycles. The third-order valence-corrected chi connectivity index (χ3v) is 2.60. The maximum atomic E-state index is 11.3. The summed E-state index contributed by atoms with van der Waals surface area (Å²) in [6.45, 7) is 6.23. The molecule has 0 aliphatic rings. The largest absolute Gasteiger partial charge is 0.490 e. The molecule has 0 aliphatic carbocycles. The minimum Gasteiger partial charge on any atom is -0.490 e. The number of urea groups is 1. The minimum atomic E-state index is -0.0736. The zero-order valence-electron chi connectivity index (χ0n) is 12.2. The molecule has 20 heavy (non-hydrogen) atoms. The van der Waals surface area contributed by atoms with Crippen LogP contribution in [0, 0.1) is 0 Å². The van der Waals surface area contributed by atoms with Gasteiger partial charge in [0.15, 0.2) is 0 Å². The average molecular weight is 277 g/mol. The van der Waals surface area contributed by atoms with E-state index in [-0.39, 0.29) is 6.03 Å². The van der Waals surface area contributed by atoms with Crippen LogP contribution in [0.3, 0.4) is 0 Å². The van der Waals surface area contributed by atoms with Gasteiger partial charge in [0.05, 0.1) is 0 Å². The Morgan fingerprint density at radius 3 is 2.60 bits per heavy atom. The Morgan fingerprint density at radius 1 is 1.30 bits per heavy atom. The standard InChI is InChI=1S/C15H23N3O2/c1-4-11-20-14-7-5-13(6-8-14)12-16-9-10-17-15(19)18(2)3/h4-8,16H,1,9-12H2,2-3H3,(H,17,19). The van der Waals surface area contributed by atoms with Crippen LogP contribution >= 0.6 is 0 Å². The SMILES string of the molecule is C=CCOc1ccc(CNCCNC(=O)N(C)C)cc1. The van der Waals surface area contributed by atoms with Gasteiger partial charge in [-0.1, -0.05) is 24.8 Å². The number of benzene rings is 1. The minimum absolute atomic E-state index is 0.0736. The zero-order chi connectivity index (χ0) is 14.8. The fraction of sp³-hybridized carbons (Fsp3) is 0.400. The highest BCUT2D eigenvalue weighted by molar-refractivity contribution is 5.73. The van der Waals surface area contributed by atoms with Gasteiger partial charge in [0.25, 0.3) is 0 Å². The van der Waals surface area contributed by atoms with Gasteiger partial charge in [-0.05, 0) is 17.7 Å². The number of ether oxygens (including phenoxy) is 1. The van der Waals surface area contributed by atoms with Crippen molar-refractivity contribution in [3.63, 3.8) is 0 Å². The Kier molecular flexibility index (Phi) is 7.21. The number of rotatable bonds is 8. The van der Waals surface area contributed by atoms with Gasteiger partial charge in [0.2, 0.25) is 0 Å². The second kappa shape index (κ2) is 8.98. The normalized spacial score (nSPS) is 9.90. The second-order valence-corrected chi connectivity index (χ2v) is 4.55. The zero-order valence-corrected chi connectivity index (χ0v) is 12.2. The molecular formula is C15H23N3O2. The highest BCUT2D eigenvalue weighted by Gasteiger charge is 2.00. The van der Waals surface area contributed by atoms with E-state index in [9.17, 15) is 4.79 Å². The molecule has 2 amide bonds. The monoisotopic (exact) mass is 277 g/mol. The van der Waals surface area contributed by atoms with Gasteiger partial charge in [-0.3, -0.25) is 0 Å². The van der Waals surface area contributed by atoms with E-state index in [0.717, 1.165) is 18.8 Å². The molecule has 0 unspecified atom stereocenters. The maximum absolute atomic E-state index is 11.3. The van der Waals surface area contributed by atoms with E-state index < -0.39 is 0 Å². The summed E-state index contributed by atoms with van der Waals surface area (Å²) < 4.78 is 5.41. The topological polar surface area (TPSA) is 53.6 Å². The van der Waals surface area contributed by atoms with Crippen LogP contribution in [-0.4, -0.2) is 44.7 Å². The van der Waals surface area contributed by atoms with Crippen molar-refractivity contribution in [2.45, 2.75) is 6.54 Å². The van der Waals surface area contributed by atoms with Crippen molar-refractivity contribution in [1.29, 1.82) is 0 Å². The lowest BCUT2D eigenvalue weighted by Gasteiger charge is -2.12. The average Bonchev–Trinajstić information content (AvgIpc) is 2.45. The number of amides is 2. The summed E-state index contributed by atoms with van der Waals surface area (Å²) in [5.41, 5.74) is 1.18. The summed E-state index contributed by atoms with van der Waals surface area (Å²) >= 11 is 0. The predicted octanol–water partition coefficient (Wildman–Crippen LogP) is 1.61. The van der Waals surface area contributed by atoms with Gasteiger partial charge in [-0.2, -0.15) is 0 Å². The van der Waals surface area contributed by atoms with E-state index in [0.29, 0.717) is 13.2 Å². The molecule has 1 rings (SSSR count). The van der Waals surface area contributed by atoms with Crippen molar-refractivity contribution in [3.8, 4) is 5.75 Å². The number of carbonyl (C=O) groups excluding carboxylic acids is 1. The molecule has 0 radical (unpaired) electrons. The van der Waals surface area contributed by atoms with E-state index >= 15 is 0 Å². The quantitative estimate of drug-likeness (QED) is 0.561. The van der Waals surface area contributed by atoms with E-state index in [4.69, 9.17) is 4.74 Å². The van der Waals surface area contributed by atoms with Crippen molar-refractivity contribution < 1.29 is 9.53 Å². The Bertz CT molecular complexity index is 416. The Labute approximate surface area is 120 Å². The first-order valence-corrected chi connectivity index (χ1v) is 6.62. The number of nitrogens with zero attached hydrogens (tertiary/aromatic N) is 1. The van der Waals surface area contributed by atoms with Crippen molar-refractivity contribution in [3.05, 3.63) is 42.5 Å². The molecule has 2 N–H and O–H groups in total. The highest BCUT2D eigenvalue weighted by atomic mass is 16.5. The summed E-state index contributed by atoms with van der Waals surface area (Å²) in [6, 6.07) is 7.84. The molecule has 5 nitrogen and oxygen atoms in total. The molecule has 0 spiro atoms. The van der Waals surface area contributed by atoms with Crippen LogP contribution in [0.15, 0.2) is 36.9 Å². The van der Waals surface area contributed by atoms with E-state index in [1.165, 1.54) is 10.5 Å². The summed E-state index contributed by atoms with van der Waals surface area (Å²) in [7, 11) is 3.44. The van der Waals surface area contributed by atoms with Crippen molar-refractivity contribution in [2.24, 2.45) is 0 Å². The van der Waals surface area contributed by atoms with Crippen LogP contribution in [0.4, 0.5) is 4.79 Å². The maximum Gasteiger partial charge on any atom is 0.316 e. The number of nitrogens with one attached hydrogen (secondary N) is 2. The Hall–Kier alpha value is -2.01. The van der Waals surface area contributed by atoms with Gasteiger partial charge in [0, 0.05) is 33.7 Å². The summed E-state index contributed by atoms with van der Waals surface area (Å²) in [5.74, 6) is 0.840. The molecule has 0 atom stereocenters. The van der Waals surface area contributed by atoms with Gasteiger partial charge >= 0.3 is 6.03 Å². The number of carbonyl (C=O) groups is 1. The molecule has 0 saturated heterocycles. The Morgan fingerprint density at radius 2 is 2.00 bits per heavy atom. The van der Waals surface area contributed by atoms with Crippen LogP contribution in [0.1, 0.15) is 5.56 Å². The van der Waals surface area contributed by atoms with Crippen LogP contribution in [0.5, 0.6) is 5.75 Å². The van der Waals surface area contributed by atoms with Crippen molar-refractivity contribution in [2.75, 3.05) is 33.8 Å². The lowest BCUT2D eigenvalue weighted by molar-refractivity contribution is 0.217. The fourth-order valence-electron chi connectivity index (χ4n) is 1.51. The summed E-state index contributed by atoms with van der Waals surface area (Å²) in [5, 5.41) is 6.06.